The van der Waals surface area contributed by atoms with Crippen LogP contribution in [0.1, 0.15) is 24.1 Å². The molecule has 0 aliphatic carbocycles. The number of anilines is 2. The molecule has 2 aromatic carbocycles. The predicted molar refractivity (Wildman–Crippen MR) is 109 cm³/mol. The molecule has 1 atom stereocenters. The van der Waals surface area contributed by atoms with Gasteiger partial charge in [-0.15, -0.1) is 0 Å². The Labute approximate surface area is 161 Å². The second-order valence-corrected chi connectivity index (χ2v) is 6.96. The van der Waals surface area contributed by atoms with E-state index in [4.69, 9.17) is 0 Å². The smallest absolute Gasteiger partial charge is 0.228 e. The fraction of sp³-hybridized carbons (Fsp3) is 0.143. The van der Waals surface area contributed by atoms with Crippen LogP contribution in [0.2, 0.25) is 0 Å². The van der Waals surface area contributed by atoms with Gasteiger partial charge in [-0.05, 0) is 48.4 Å². The SMILES string of the molecule is CC(Nc1cc(Br)ccc1NC(=O)Cc1ccncc1)c1ccccc1. The van der Waals surface area contributed by atoms with Gasteiger partial charge in [0.05, 0.1) is 17.8 Å². The van der Waals surface area contributed by atoms with Crippen molar-refractivity contribution in [2.45, 2.75) is 19.4 Å². The van der Waals surface area contributed by atoms with E-state index in [-0.39, 0.29) is 11.9 Å². The topological polar surface area (TPSA) is 54.0 Å². The van der Waals surface area contributed by atoms with E-state index >= 15 is 0 Å². The van der Waals surface area contributed by atoms with Gasteiger partial charge in [-0.25, -0.2) is 0 Å². The van der Waals surface area contributed by atoms with Crippen LogP contribution in [0.4, 0.5) is 11.4 Å². The maximum Gasteiger partial charge on any atom is 0.228 e. The number of hydrogen-bond acceptors (Lipinski definition) is 3. The van der Waals surface area contributed by atoms with Crippen molar-refractivity contribution in [1.29, 1.82) is 0 Å². The van der Waals surface area contributed by atoms with Gasteiger partial charge in [0, 0.05) is 22.9 Å². The van der Waals surface area contributed by atoms with Crippen molar-refractivity contribution >= 4 is 33.2 Å². The summed E-state index contributed by atoms with van der Waals surface area (Å²) in [4.78, 5) is 16.4. The molecule has 4 nitrogen and oxygen atoms in total. The van der Waals surface area contributed by atoms with Crippen LogP contribution in [-0.4, -0.2) is 10.9 Å². The van der Waals surface area contributed by atoms with Crippen molar-refractivity contribution in [2.75, 3.05) is 10.6 Å². The summed E-state index contributed by atoms with van der Waals surface area (Å²) in [5.41, 5.74) is 3.75. The third-order valence-corrected chi connectivity index (χ3v) is 4.53. The summed E-state index contributed by atoms with van der Waals surface area (Å²) in [6.45, 7) is 2.10. The van der Waals surface area contributed by atoms with Crippen LogP contribution < -0.4 is 10.6 Å². The molecular formula is C21H20BrN3O. The molecule has 0 aliphatic rings. The van der Waals surface area contributed by atoms with Crippen LogP contribution in [0.15, 0.2) is 77.5 Å². The Hall–Kier alpha value is -2.66. The molecule has 1 heterocycles. The lowest BCUT2D eigenvalue weighted by Gasteiger charge is -2.19. The molecule has 0 spiro atoms. The summed E-state index contributed by atoms with van der Waals surface area (Å²) >= 11 is 3.50. The maximum atomic E-state index is 12.4. The number of nitrogens with one attached hydrogen (secondary N) is 2. The van der Waals surface area contributed by atoms with E-state index in [9.17, 15) is 4.79 Å². The Morgan fingerprint density at radius 1 is 1.04 bits per heavy atom. The first-order chi connectivity index (χ1) is 12.6. The minimum atomic E-state index is -0.0612. The lowest BCUT2D eigenvalue weighted by molar-refractivity contribution is -0.115. The molecule has 0 fully saturated rings. The van der Waals surface area contributed by atoms with E-state index in [1.165, 1.54) is 5.56 Å². The minimum Gasteiger partial charge on any atom is -0.377 e. The standard InChI is InChI=1S/C21H20BrN3O/c1-15(17-5-3-2-4-6-17)24-20-14-18(22)7-8-19(20)25-21(26)13-16-9-11-23-12-10-16/h2-12,14-15,24H,13H2,1H3,(H,25,26). The van der Waals surface area contributed by atoms with Gasteiger partial charge in [0.25, 0.3) is 0 Å². The van der Waals surface area contributed by atoms with Gasteiger partial charge < -0.3 is 10.6 Å². The number of nitrogens with zero attached hydrogens (tertiary/aromatic N) is 1. The summed E-state index contributed by atoms with van der Waals surface area (Å²) < 4.78 is 0.951. The average Bonchev–Trinajstić information content (AvgIpc) is 2.65. The van der Waals surface area contributed by atoms with Crippen molar-refractivity contribution in [3.8, 4) is 0 Å². The van der Waals surface area contributed by atoms with Gasteiger partial charge in [-0.1, -0.05) is 46.3 Å². The van der Waals surface area contributed by atoms with E-state index in [1.54, 1.807) is 12.4 Å². The Kier molecular flexibility index (Phi) is 6.02. The van der Waals surface area contributed by atoms with E-state index in [0.717, 1.165) is 21.4 Å². The first-order valence-corrected chi connectivity index (χ1v) is 9.21. The minimum absolute atomic E-state index is 0.0612. The molecule has 0 bridgehead atoms. The van der Waals surface area contributed by atoms with Crippen LogP contribution >= 0.6 is 15.9 Å². The van der Waals surface area contributed by atoms with Crippen molar-refractivity contribution in [3.63, 3.8) is 0 Å². The van der Waals surface area contributed by atoms with Crippen LogP contribution in [-0.2, 0) is 11.2 Å². The van der Waals surface area contributed by atoms with Crippen molar-refractivity contribution < 1.29 is 4.79 Å². The largest absolute Gasteiger partial charge is 0.377 e. The van der Waals surface area contributed by atoms with Crippen molar-refractivity contribution in [3.05, 3.63) is 88.7 Å². The molecule has 3 rings (SSSR count). The highest BCUT2D eigenvalue weighted by atomic mass is 79.9. The van der Waals surface area contributed by atoms with Gasteiger partial charge in [-0.2, -0.15) is 0 Å². The van der Waals surface area contributed by atoms with Crippen molar-refractivity contribution in [2.24, 2.45) is 0 Å². The zero-order valence-corrected chi connectivity index (χ0v) is 16.0. The molecule has 132 valence electrons. The number of pyridine rings is 1. The molecule has 1 aromatic heterocycles. The summed E-state index contributed by atoms with van der Waals surface area (Å²) in [6, 6.07) is 19.8. The van der Waals surface area contributed by atoms with Crippen LogP contribution in [0.5, 0.6) is 0 Å². The molecule has 0 radical (unpaired) electrons. The molecule has 26 heavy (non-hydrogen) atoms. The van der Waals surface area contributed by atoms with Crippen LogP contribution in [0.25, 0.3) is 0 Å². The monoisotopic (exact) mass is 409 g/mol. The summed E-state index contributed by atoms with van der Waals surface area (Å²) in [5.74, 6) is -0.0612. The normalized spacial score (nSPS) is 11.6. The summed E-state index contributed by atoms with van der Waals surface area (Å²) in [7, 11) is 0. The zero-order valence-electron chi connectivity index (χ0n) is 14.4. The third-order valence-electron chi connectivity index (χ3n) is 4.04. The fourth-order valence-corrected chi connectivity index (χ4v) is 3.04. The zero-order chi connectivity index (χ0) is 18.4. The molecule has 5 heteroatoms. The second kappa shape index (κ2) is 8.63. The third kappa shape index (κ3) is 4.92. The average molecular weight is 410 g/mol. The van der Waals surface area contributed by atoms with Crippen molar-refractivity contribution in [1.82, 2.24) is 4.98 Å². The van der Waals surface area contributed by atoms with E-state index < -0.39 is 0 Å². The number of hydrogen-bond donors (Lipinski definition) is 2. The van der Waals surface area contributed by atoms with Gasteiger partial charge in [-0.3, -0.25) is 9.78 Å². The Morgan fingerprint density at radius 2 is 1.77 bits per heavy atom. The lowest BCUT2D eigenvalue weighted by atomic mass is 10.1. The van der Waals surface area contributed by atoms with Gasteiger partial charge in [0.15, 0.2) is 0 Å². The van der Waals surface area contributed by atoms with Crippen LogP contribution in [0.3, 0.4) is 0 Å². The Bertz CT molecular complexity index is 869. The van der Waals surface area contributed by atoms with E-state index in [1.807, 2.05) is 48.5 Å². The number of halogens is 1. The number of rotatable bonds is 6. The summed E-state index contributed by atoms with van der Waals surface area (Å²) in [5, 5.41) is 6.48. The number of benzene rings is 2. The van der Waals surface area contributed by atoms with Gasteiger partial charge in [0.2, 0.25) is 5.91 Å². The quantitative estimate of drug-likeness (QED) is 0.588. The number of carbonyl (C=O) groups excluding carboxylic acids is 1. The molecule has 1 amide bonds. The maximum absolute atomic E-state index is 12.4. The van der Waals surface area contributed by atoms with Gasteiger partial charge in [0.1, 0.15) is 0 Å². The molecular weight excluding hydrogens is 390 g/mol. The second-order valence-electron chi connectivity index (χ2n) is 6.05. The fourth-order valence-electron chi connectivity index (χ4n) is 2.68. The highest BCUT2D eigenvalue weighted by Gasteiger charge is 2.11. The Balaban J connectivity index is 1.74. The molecule has 2 N–H and O–H groups in total. The number of carbonyl (C=O) groups is 1. The molecule has 0 saturated carbocycles. The first kappa shape index (κ1) is 18.1. The predicted octanol–water partition coefficient (Wildman–Crippen LogP) is 5.20. The Morgan fingerprint density at radius 3 is 2.50 bits per heavy atom. The highest BCUT2D eigenvalue weighted by Crippen LogP contribution is 2.29. The number of aromatic nitrogens is 1. The molecule has 1 unspecified atom stereocenters. The number of amides is 1. The van der Waals surface area contributed by atoms with Crippen LogP contribution in [0, 0.1) is 0 Å². The summed E-state index contributed by atoms with van der Waals surface area (Å²) in [6.07, 6.45) is 3.69. The molecule has 0 aliphatic heterocycles. The van der Waals surface area contributed by atoms with E-state index in [0.29, 0.717) is 6.42 Å². The molecule has 0 saturated heterocycles. The first-order valence-electron chi connectivity index (χ1n) is 8.41. The van der Waals surface area contributed by atoms with Gasteiger partial charge >= 0.3 is 0 Å². The van der Waals surface area contributed by atoms with E-state index in [2.05, 4.69) is 50.6 Å². The highest BCUT2D eigenvalue weighted by molar-refractivity contribution is 9.10. The lowest BCUT2D eigenvalue weighted by Crippen LogP contribution is -2.16. The molecule has 3 aromatic rings.